The minimum absolute atomic E-state index is 0.469. The molecule has 0 N–H and O–H groups in total. The third kappa shape index (κ3) is 3.35. The number of methoxy groups -OCH3 is 1. The molecule has 0 fully saturated rings. The molecular formula is C14H13Cl2IN2O. The van der Waals surface area contributed by atoms with Gasteiger partial charge in [-0.25, -0.2) is 9.97 Å². The monoisotopic (exact) mass is 422 g/mol. The fraction of sp³-hybridized carbons (Fsp3) is 0.286. The molecule has 6 heteroatoms. The largest absolute Gasteiger partial charge is 0.496 e. The molecule has 0 radical (unpaired) electrons. The van der Waals surface area contributed by atoms with Crippen molar-refractivity contribution in [1.29, 1.82) is 0 Å². The van der Waals surface area contributed by atoms with Crippen LogP contribution in [0.1, 0.15) is 19.0 Å². The van der Waals surface area contributed by atoms with Gasteiger partial charge in [0, 0.05) is 5.02 Å². The third-order valence-electron chi connectivity index (χ3n) is 2.77. The topological polar surface area (TPSA) is 35.0 Å². The van der Waals surface area contributed by atoms with Crippen LogP contribution >= 0.6 is 45.8 Å². The van der Waals surface area contributed by atoms with E-state index in [0.717, 1.165) is 27.7 Å². The average molecular weight is 423 g/mol. The van der Waals surface area contributed by atoms with Crippen molar-refractivity contribution in [3.63, 3.8) is 0 Å². The Bertz CT molecular complexity index is 635. The lowest BCUT2D eigenvalue weighted by molar-refractivity contribution is 0.416. The van der Waals surface area contributed by atoms with Crippen molar-refractivity contribution in [2.45, 2.75) is 19.8 Å². The number of hydrogen-bond donors (Lipinski definition) is 0. The van der Waals surface area contributed by atoms with Crippen molar-refractivity contribution in [3.8, 4) is 17.1 Å². The molecule has 0 atom stereocenters. The Balaban J connectivity index is 2.58. The van der Waals surface area contributed by atoms with Gasteiger partial charge < -0.3 is 4.74 Å². The maximum absolute atomic E-state index is 6.21. The van der Waals surface area contributed by atoms with Gasteiger partial charge in [0.1, 0.15) is 10.9 Å². The Kier molecular flexibility index (Phi) is 5.46. The molecular weight excluding hydrogens is 410 g/mol. The lowest BCUT2D eigenvalue weighted by Crippen LogP contribution is -2.01. The van der Waals surface area contributed by atoms with Crippen LogP contribution in [0.15, 0.2) is 18.2 Å². The maximum atomic E-state index is 6.21. The predicted molar refractivity (Wildman–Crippen MR) is 90.8 cm³/mol. The average Bonchev–Trinajstić information content (AvgIpc) is 2.43. The predicted octanol–water partition coefficient (Wildman–Crippen LogP) is 5.02. The van der Waals surface area contributed by atoms with Crippen LogP contribution in [0.2, 0.25) is 10.2 Å². The number of nitrogens with zero attached hydrogens (tertiary/aromatic N) is 2. The van der Waals surface area contributed by atoms with Crippen LogP contribution in [-0.2, 0) is 6.42 Å². The van der Waals surface area contributed by atoms with Gasteiger partial charge in [-0.05, 0) is 47.2 Å². The minimum Gasteiger partial charge on any atom is -0.496 e. The number of aryl methyl sites for hydroxylation is 1. The van der Waals surface area contributed by atoms with Crippen LogP contribution in [0.25, 0.3) is 11.4 Å². The highest BCUT2D eigenvalue weighted by Gasteiger charge is 2.15. The summed E-state index contributed by atoms with van der Waals surface area (Å²) in [6.45, 7) is 2.11. The molecule has 0 aliphatic heterocycles. The van der Waals surface area contributed by atoms with Crippen molar-refractivity contribution in [3.05, 3.63) is 37.6 Å². The SMILES string of the molecule is CCCc1nc(-c2ccc(Cl)cc2OC)nc(Cl)c1I. The van der Waals surface area contributed by atoms with E-state index in [9.17, 15) is 0 Å². The van der Waals surface area contributed by atoms with Gasteiger partial charge in [-0.2, -0.15) is 0 Å². The van der Waals surface area contributed by atoms with Crippen LogP contribution in [0, 0.1) is 3.57 Å². The van der Waals surface area contributed by atoms with Crippen LogP contribution < -0.4 is 4.74 Å². The first-order valence-electron chi connectivity index (χ1n) is 6.12. The molecule has 20 heavy (non-hydrogen) atoms. The lowest BCUT2D eigenvalue weighted by atomic mass is 10.1. The molecule has 0 amide bonds. The second kappa shape index (κ2) is 6.91. The number of aromatic nitrogens is 2. The number of hydrogen-bond acceptors (Lipinski definition) is 3. The molecule has 0 unspecified atom stereocenters. The molecule has 106 valence electrons. The summed E-state index contributed by atoms with van der Waals surface area (Å²) < 4.78 is 6.25. The van der Waals surface area contributed by atoms with E-state index >= 15 is 0 Å². The number of benzene rings is 1. The Morgan fingerprint density at radius 3 is 2.65 bits per heavy atom. The standard InChI is InChI=1S/C14H13Cl2IN2O/c1-3-4-10-12(17)13(16)19-14(18-10)9-6-5-8(15)7-11(9)20-2/h5-7H,3-4H2,1-2H3. The van der Waals surface area contributed by atoms with Gasteiger partial charge >= 0.3 is 0 Å². The first kappa shape index (κ1) is 15.8. The fourth-order valence-corrected chi connectivity index (χ4v) is 2.70. The van der Waals surface area contributed by atoms with Crippen molar-refractivity contribution in [1.82, 2.24) is 9.97 Å². The zero-order chi connectivity index (χ0) is 14.7. The molecule has 3 nitrogen and oxygen atoms in total. The Labute approximate surface area is 141 Å². The first-order chi connectivity index (χ1) is 9.56. The molecule has 0 aliphatic carbocycles. The second-order valence-corrected chi connectivity index (χ2v) is 6.07. The summed E-state index contributed by atoms with van der Waals surface area (Å²) in [5.41, 5.74) is 1.74. The molecule has 1 aromatic heterocycles. The summed E-state index contributed by atoms with van der Waals surface area (Å²) in [5.74, 6) is 1.20. The van der Waals surface area contributed by atoms with E-state index in [-0.39, 0.29) is 0 Å². The summed E-state index contributed by atoms with van der Waals surface area (Å²) in [6, 6.07) is 5.37. The highest BCUT2D eigenvalue weighted by molar-refractivity contribution is 14.1. The smallest absolute Gasteiger partial charge is 0.164 e. The first-order valence-corrected chi connectivity index (χ1v) is 7.96. The number of halogens is 3. The highest BCUT2D eigenvalue weighted by atomic mass is 127. The fourth-order valence-electron chi connectivity index (χ4n) is 1.84. The van der Waals surface area contributed by atoms with E-state index in [1.165, 1.54) is 0 Å². The van der Waals surface area contributed by atoms with Gasteiger partial charge in [-0.15, -0.1) is 0 Å². The zero-order valence-corrected chi connectivity index (χ0v) is 14.8. The Morgan fingerprint density at radius 1 is 1.25 bits per heavy atom. The van der Waals surface area contributed by atoms with Gasteiger partial charge in [-0.1, -0.05) is 36.5 Å². The molecule has 0 aliphatic rings. The third-order valence-corrected chi connectivity index (χ3v) is 4.73. The van der Waals surface area contributed by atoms with E-state index in [2.05, 4.69) is 39.5 Å². The van der Waals surface area contributed by atoms with Gasteiger partial charge in [0.25, 0.3) is 0 Å². The van der Waals surface area contributed by atoms with E-state index in [1.807, 2.05) is 6.07 Å². The Morgan fingerprint density at radius 2 is 2.00 bits per heavy atom. The van der Waals surface area contributed by atoms with Crippen LogP contribution in [0.3, 0.4) is 0 Å². The van der Waals surface area contributed by atoms with E-state index < -0.39 is 0 Å². The molecule has 2 rings (SSSR count). The van der Waals surface area contributed by atoms with Crippen LogP contribution in [-0.4, -0.2) is 17.1 Å². The molecule has 0 saturated carbocycles. The molecule has 0 saturated heterocycles. The quantitative estimate of drug-likeness (QED) is 0.512. The van der Waals surface area contributed by atoms with E-state index in [1.54, 1.807) is 19.2 Å². The van der Waals surface area contributed by atoms with Crippen molar-refractivity contribution in [2.75, 3.05) is 7.11 Å². The van der Waals surface area contributed by atoms with Crippen LogP contribution in [0.4, 0.5) is 0 Å². The highest BCUT2D eigenvalue weighted by Crippen LogP contribution is 2.32. The van der Waals surface area contributed by atoms with Gasteiger partial charge in [0.2, 0.25) is 0 Å². The van der Waals surface area contributed by atoms with Crippen molar-refractivity contribution < 1.29 is 4.74 Å². The van der Waals surface area contributed by atoms with Gasteiger partial charge in [-0.3, -0.25) is 0 Å². The van der Waals surface area contributed by atoms with E-state index in [0.29, 0.717) is 21.7 Å². The molecule has 1 aromatic carbocycles. The van der Waals surface area contributed by atoms with Gasteiger partial charge in [0.05, 0.1) is 21.9 Å². The summed E-state index contributed by atoms with van der Waals surface area (Å²) in [7, 11) is 1.59. The second-order valence-electron chi connectivity index (χ2n) is 4.19. The summed E-state index contributed by atoms with van der Waals surface area (Å²) in [4.78, 5) is 8.95. The number of rotatable bonds is 4. The number of ether oxygens (including phenoxy) is 1. The normalized spacial score (nSPS) is 10.7. The summed E-state index contributed by atoms with van der Waals surface area (Å²) in [6.07, 6.45) is 1.87. The van der Waals surface area contributed by atoms with Crippen molar-refractivity contribution in [2.24, 2.45) is 0 Å². The van der Waals surface area contributed by atoms with E-state index in [4.69, 9.17) is 27.9 Å². The summed E-state index contributed by atoms with van der Waals surface area (Å²) >= 11 is 14.4. The lowest BCUT2D eigenvalue weighted by Gasteiger charge is -2.11. The van der Waals surface area contributed by atoms with Crippen LogP contribution in [0.5, 0.6) is 5.75 Å². The summed E-state index contributed by atoms with van der Waals surface area (Å²) in [5, 5.41) is 1.08. The molecule has 1 heterocycles. The molecule has 0 bridgehead atoms. The molecule has 2 aromatic rings. The Hall–Kier alpha value is -0.590. The minimum atomic E-state index is 0.469. The zero-order valence-electron chi connectivity index (χ0n) is 11.1. The molecule has 0 spiro atoms. The van der Waals surface area contributed by atoms with Gasteiger partial charge in [0.15, 0.2) is 5.82 Å². The maximum Gasteiger partial charge on any atom is 0.164 e. The van der Waals surface area contributed by atoms with Crippen molar-refractivity contribution >= 4 is 45.8 Å².